The number of amides is 1. The Labute approximate surface area is 119 Å². The molecule has 1 atom stereocenters. The molecule has 3 N–H and O–H groups in total. The largest absolute Gasteiger partial charge is 0.393 e. The second kappa shape index (κ2) is 6.33. The van der Waals surface area contributed by atoms with Gasteiger partial charge in [-0.05, 0) is 41.1 Å². The Morgan fingerprint density at radius 2 is 2.29 bits per heavy atom. The van der Waals surface area contributed by atoms with Gasteiger partial charge in [0.1, 0.15) is 0 Å². The van der Waals surface area contributed by atoms with E-state index in [4.69, 9.17) is 29.6 Å². The van der Waals surface area contributed by atoms with Gasteiger partial charge in [0.15, 0.2) is 0 Å². The topological polar surface area (TPSA) is 55.1 Å². The third-order valence-electron chi connectivity index (χ3n) is 2.06. The van der Waals surface area contributed by atoms with Crippen molar-refractivity contribution in [1.29, 1.82) is 0 Å². The molecular formula is C11H12BrClN2OS. The molecule has 0 aliphatic rings. The maximum absolute atomic E-state index is 11.9. The van der Waals surface area contributed by atoms with Crippen molar-refractivity contribution < 1.29 is 4.79 Å². The van der Waals surface area contributed by atoms with Crippen LogP contribution in [0.1, 0.15) is 23.7 Å². The van der Waals surface area contributed by atoms with E-state index in [1.54, 1.807) is 18.2 Å². The summed E-state index contributed by atoms with van der Waals surface area (Å²) in [6, 6.07) is 4.91. The maximum atomic E-state index is 11.9. The number of hydrogen-bond acceptors (Lipinski definition) is 2. The Hall–Kier alpha value is -0.650. The van der Waals surface area contributed by atoms with Crippen LogP contribution in [0.25, 0.3) is 0 Å². The van der Waals surface area contributed by atoms with Crippen molar-refractivity contribution in [1.82, 2.24) is 5.32 Å². The van der Waals surface area contributed by atoms with Gasteiger partial charge in [0.2, 0.25) is 0 Å². The van der Waals surface area contributed by atoms with Crippen molar-refractivity contribution in [2.24, 2.45) is 5.73 Å². The average molecular weight is 336 g/mol. The van der Waals surface area contributed by atoms with Crippen molar-refractivity contribution in [2.45, 2.75) is 19.4 Å². The highest BCUT2D eigenvalue weighted by molar-refractivity contribution is 9.10. The van der Waals surface area contributed by atoms with Crippen molar-refractivity contribution in [3.8, 4) is 0 Å². The fraction of sp³-hybridized carbons (Fsp3) is 0.273. The van der Waals surface area contributed by atoms with Gasteiger partial charge < -0.3 is 11.1 Å². The highest BCUT2D eigenvalue weighted by atomic mass is 79.9. The lowest BCUT2D eigenvalue weighted by atomic mass is 10.2. The Bertz CT molecular complexity index is 453. The normalized spacial score (nSPS) is 11.9. The molecule has 0 aliphatic carbocycles. The number of hydrogen-bond donors (Lipinski definition) is 2. The Kier molecular flexibility index (Phi) is 5.36. The first-order valence-electron chi connectivity index (χ1n) is 4.94. The van der Waals surface area contributed by atoms with Gasteiger partial charge in [0.05, 0.1) is 10.6 Å². The van der Waals surface area contributed by atoms with E-state index in [1.165, 1.54) is 0 Å². The van der Waals surface area contributed by atoms with E-state index >= 15 is 0 Å². The summed E-state index contributed by atoms with van der Waals surface area (Å²) < 4.78 is 0.657. The van der Waals surface area contributed by atoms with Crippen LogP contribution < -0.4 is 11.1 Å². The molecular weight excluding hydrogens is 324 g/mol. The second-order valence-electron chi connectivity index (χ2n) is 3.67. The van der Waals surface area contributed by atoms with E-state index in [1.807, 2.05) is 6.92 Å². The lowest BCUT2D eigenvalue weighted by molar-refractivity contribution is 0.0940. The molecule has 1 unspecified atom stereocenters. The monoisotopic (exact) mass is 334 g/mol. The van der Waals surface area contributed by atoms with E-state index in [0.29, 0.717) is 26.5 Å². The van der Waals surface area contributed by atoms with Crippen LogP contribution in [0.5, 0.6) is 0 Å². The number of halogens is 2. The Morgan fingerprint density at radius 1 is 1.65 bits per heavy atom. The summed E-state index contributed by atoms with van der Waals surface area (Å²) in [6.07, 6.45) is 0.478. The standard InChI is InChI=1S/C11H12BrClN2OS/c1-6(4-10(14)17)15-11(16)8-3-2-7(13)5-9(8)12/h2-3,5-6H,4H2,1H3,(H2,14,17)(H,15,16). The SMILES string of the molecule is CC(CC(N)=S)NC(=O)c1ccc(Cl)cc1Br. The molecule has 1 amide bonds. The smallest absolute Gasteiger partial charge is 0.252 e. The van der Waals surface area contributed by atoms with Gasteiger partial charge in [0, 0.05) is 22.0 Å². The highest BCUT2D eigenvalue weighted by Gasteiger charge is 2.13. The minimum Gasteiger partial charge on any atom is -0.393 e. The Balaban J connectivity index is 2.73. The number of thiocarbonyl (C=S) groups is 1. The van der Waals surface area contributed by atoms with E-state index < -0.39 is 0 Å². The zero-order valence-electron chi connectivity index (χ0n) is 9.17. The molecule has 0 spiro atoms. The van der Waals surface area contributed by atoms with Crippen molar-refractivity contribution >= 4 is 50.6 Å². The van der Waals surface area contributed by atoms with Crippen LogP contribution in [0.15, 0.2) is 22.7 Å². The fourth-order valence-corrected chi connectivity index (χ4v) is 2.44. The summed E-state index contributed by atoms with van der Waals surface area (Å²) in [5.41, 5.74) is 5.94. The van der Waals surface area contributed by atoms with Crippen LogP contribution in [0, 0.1) is 0 Å². The molecule has 0 aliphatic heterocycles. The molecule has 0 saturated carbocycles. The summed E-state index contributed by atoms with van der Waals surface area (Å²) in [7, 11) is 0. The fourth-order valence-electron chi connectivity index (χ4n) is 1.33. The number of carbonyl (C=O) groups is 1. The second-order valence-corrected chi connectivity index (χ2v) is 5.48. The minimum atomic E-state index is -0.183. The molecule has 92 valence electrons. The molecule has 0 radical (unpaired) electrons. The Morgan fingerprint density at radius 3 is 2.82 bits per heavy atom. The lowest BCUT2D eigenvalue weighted by Gasteiger charge is -2.13. The molecule has 0 heterocycles. The number of rotatable bonds is 4. The first kappa shape index (κ1) is 14.4. The molecule has 1 aromatic carbocycles. The van der Waals surface area contributed by atoms with Crippen LogP contribution in [0.4, 0.5) is 0 Å². The zero-order chi connectivity index (χ0) is 13.0. The summed E-state index contributed by atoms with van der Waals surface area (Å²) in [5, 5.41) is 3.38. The predicted octanol–water partition coefficient (Wildman–Crippen LogP) is 2.90. The van der Waals surface area contributed by atoms with E-state index in [9.17, 15) is 4.79 Å². The van der Waals surface area contributed by atoms with Gasteiger partial charge in [-0.3, -0.25) is 4.79 Å². The predicted molar refractivity (Wildman–Crippen MR) is 77.5 cm³/mol. The lowest BCUT2D eigenvalue weighted by Crippen LogP contribution is -2.35. The van der Waals surface area contributed by atoms with Crippen LogP contribution in [-0.4, -0.2) is 16.9 Å². The van der Waals surface area contributed by atoms with Crippen molar-refractivity contribution in [3.05, 3.63) is 33.3 Å². The quantitative estimate of drug-likeness (QED) is 0.832. The minimum absolute atomic E-state index is 0.0948. The third kappa shape index (κ3) is 4.61. The highest BCUT2D eigenvalue weighted by Crippen LogP contribution is 2.21. The summed E-state index contributed by atoms with van der Waals surface area (Å²) in [6.45, 7) is 1.85. The molecule has 0 fully saturated rings. The summed E-state index contributed by atoms with van der Waals surface area (Å²) >= 11 is 13.9. The molecule has 6 heteroatoms. The van der Waals surface area contributed by atoms with Crippen LogP contribution >= 0.6 is 39.7 Å². The molecule has 0 aromatic heterocycles. The van der Waals surface area contributed by atoms with Crippen LogP contribution in [-0.2, 0) is 0 Å². The van der Waals surface area contributed by atoms with E-state index in [0.717, 1.165) is 0 Å². The number of carbonyl (C=O) groups excluding carboxylic acids is 1. The molecule has 17 heavy (non-hydrogen) atoms. The molecule has 1 rings (SSSR count). The maximum Gasteiger partial charge on any atom is 0.252 e. The third-order valence-corrected chi connectivity index (χ3v) is 3.12. The van der Waals surface area contributed by atoms with Crippen molar-refractivity contribution in [2.75, 3.05) is 0 Å². The van der Waals surface area contributed by atoms with Gasteiger partial charge >= 0.3 is 0 Å². The number of benzene rings is 1. The molecule has 0 saturated heterocycles. The first-order valence-corrected chi connectivity index (χ1v) is 6.52. The van der Waals surface area contributed by atoms with Crippen molar-refractivity contribution in [3.63, 3.8) is 0 Å². The molecule has 1 aromatic rings. The first-order chi connectivity index (χ1) is 7.90. The molecule has 3 nitrogen and oxygen atoms in total. The zero-order valence-corrected chi connectivity index (χ0v) is 12.3. The summed E-state index contributed by atoms with van der Waals surface area (Å²) in [4.78, 5) is 12.3. The average Bonchev–Trinajstić information content (AvgIpc) is 2.15. The van der Waals surface area contributed by atoms with Gasteiger partial charge in [-0.25, -0.2) is 0 Å². The van der Waals surface area contributed by atoms with Gasteiger partial charge in [-0.15, -0.1) is 0 Å². The number of nitrogens with one attached hydrogen (secondary N) is 1. The van der Waals surface area contributed by atoms with Gasteiger partial charge in [0.25, 0.3) is 5.91 Å². The molecule has 0 bridgehead atoms. The van der Waals surface area contributed by atoms with Crippen LogP contribution in [0.3, 0.4) is 0 Å². The van der Waals surface area contributed by atoms with Gasteiger partial charge in [-0.1, -0.05) is 23.8 Å². The van der Waals surface area contributed by atoms with Gasteiger partial charge in [-0.2, -0.15) is 0 Å². The summed E-state index contributed by atoms with van der Waals surface area (Å²) in [5.74, 6) is -0.183. The van der Waals surface area contributed by atoms with Crippen LogP contribution in [0.2, 0.25) is 5.02 Å². The van der Waals surface area contributed by atoms with E-state index in [-0.39, 0.29) is 11.9 Å². The van der Waals surface area contributed by atoms with E-state index in [2.05, 4.69) is 21.2 Å². The number of nitrogens with two attached hydrogens (primary N) is 1.